The molecule has 0 aliphatic heterocycles. The van der Waals surface area contributed by atoms with Gasteiger partial charge in [0.2, 0.25) is 0 Å². The van der Waals surface area contributed by atoms with Crippen LogP contribution in [0.2, 0.25) is 13.1 Å². The van der Waals surface area contributed by atoms with Crippen molar-refractivity contribution in [2.75, 3.05) is 0 Å². The summed E-state index contributed by atoms with van der Waals surface area (Å²) in [5.74, 6) is 0. The summed E-state index contributed by atoms with van der Waals surface area (Å²) >= 11 is 1.74. The van der Waals surface area contributed by atoms with Crippen LogP contribution in [0.15, 0.2) is 48.5 Å². The topological polar surface area (TPSA) is 0 Å². The van der Waals surface area contributed by atoms with Crippen molar-refractivity contribution in [1.82, 2.24) is 0 Å². The molecule has 0 fully saturated rings. The van der Waals surface area contributed by atoms with Crippen LogP contribution in [-0.4, -0.2) is 5.43 Å². The van der Waals surface area contributed by atoms with Crippen molar-refractivity contribution in [3.8, 4) is 0 Å². The van der Waals surface area contributed by atoms with Crippen molar-refractivity contribution < 1.29 is 23.3 Å². The molecule has 2 heteroatoms. The van der Waals surface area contributed by atoms with E-state index in [-0.39, 0.29) is 5.43 Å². The second-order valence-corrected chi connectivity index (χ2v) is 17.6. The summed E-state index contributed by atoms with van der Waals surface area (Å²) in [7, 11) is 0. The van der Waals surface area contributed by atoms with E-state index >= 15 is 0 Å². The molecule has 0 saturated heterocycles. The van der Waals surface area contributed by atoms with Crippen LogP contribution in [0.1, 0.15) is 33.4 Å². The van der Waals surface area contributed by atoms with Gasteiger partial charge in [-0.2, -0.15) is 12.1 Å². The van der Waals surface area contributed by atoms with Crippen molar-refractivity contribution in [3.05, 3.63) is 81.9 Å². The summed E-state index contributed by atoms with van der Waals surface area (Å²) in [5, 5.41) is 5.56. The Bertz CT molecular complexity index is 1020. The number of fused-ring (bicyclic) bond motifs is 2. The summed E-state index contributed by atoms with van der Waals surface area (Å²) in [6.07, 6.45) is 0. The molecule has 0 atom stereocenters. The first-order valence-corrected chi connectivity index (χ1v) is 16.1. The molecular formula is C26H32SiZr. The zero-order chi connectivity index (χ0) is 21.0. The average Bonchev–Trinajstić information content (AvgIpc) is 3.09. The van der Waals surface area contributed by atoms with Gasteiger partial charge in [-0.25, -0.2) is 0 Å². The standard InChI is InChI=1S/2C12H13.C2H6Si.Zr/c2*1-8-4-10(3)12-7-9(2)6-11(12)5-8;1-3-2;/h2*4-7H,1-3H3;1-2H3;/q2*-1;;+2. The van der Waals surface area contributed by atoms with E-state index in [2.05, 4.69) is 103 Å². The smallest absolute Gasteiger partial charge is 0.0486 e. The molecule has 4 rings (SSSR count). The van der Waals surface area contributed by atoms with Crippen molar-refractivity contribution in [2.45, 2.75) is 54.6 Å². The molecule has 0 N–H and O–H groups in total. The van der Waals surface area contributed by atoms with Crippen molar-refractivity contribution in [1.29, 1.82) is 0 Å². The molecule has 0 spiro atoms. The second-order valence-electron chi connectivity index (χ2n) is 8.23. The molecule has 0 aliphatic rings. The Morgan fingerprint density at radius 1 is 0.607 bits per heavy atom. The summed E-state index contributed by atoms with van der Waals surface area (Å²) in [6, 6.07) is 18.0. The fourth-order valence-corrected chi connectivity index (χ4v) is 3.69. The van der Waals surface area contributed by atoms with Gasteiger partial charge in [0.15, 0.2) is 0 Å². The second kappa shape index (κ2) is 9.99. The van der Waals surface area contributed by atoms with Crippen LogP contribution < -0.4 is 0 Å². The molecule has 0 nitrogen and oxygen atoms in total. The summed E-state index contributed by atoms with van der Waals surface area (Å²) in [5.41, 5.74) is 8.41. The Labute approximate surface area is 186 Å². The molecule has 0 unspecified atom stereocenters. The van der Waals surface area contributed by atoms with Gasteiger partial charge in [-0.1, -0.05) is 48.2 Å². The minimum Gasteiger partial charge on any atom is -0.165 e. The molecular weight excluding hydrogens is 432 g/mol. The summed E-state index contributed by atoms with van der Waals surface area (Å²) < 4.78 is 0. The van der Waals surface area contributed by atoms with Gasteiger partial charge in [0.05, 0.1) is 0 Å². The molecule has 28 heavy (non-hydrogen) atoms. The maximum Gasteiger partial charge on any atom is -0.0486 e. The van der Waals surface area contributed by atoms with Crippen molar-refractivity contribution >= 4 is 27.0 Å². The molecule has 0 bridgehead atoms. The molecule has 0 amide bonds. The molecule has 0 radical (unpaired) electrons. The van der Waals surface area contributed by atoms with Crippen LogP contribution in [0.3, 0.4) is 0 Å². The number of hydrogen-bond acceptors (Lipinski definition) is 0. The predicted molar refractivity (Wildman–Crippen MR) is 125 cm³/mol. The van der Waals surface area contributed by atoms with E-state index in [0.29, 0.717) is 0 Å². The van der Waals surface area contributed by atoms with Crippen LogP contribution in [0.4, 0.5) is 0 Å². The third-order valence-corrected chi connectivity index (χ3v) is 4.64. The third kappa shape index (κ3) is 6.39. The number of benzene rings is 2. The van der Waals surface area contributed by atoms with Crippen LogP contribution in [0, 0.1) is 41.5 Å². The Kier molecular flexibility index (Phi) is 8.22. The van der Waals surface area contributed by atoms with E-state index < -0.39 is 0 Å². The van der Waals surface area contributed by atoms with Crippen LogP contribution >= 0.6 is 0 Å². The monoisotopic (exact) mass is 462 g/mol. The number of aryl methyl sites for hydroxylation is 6. The maximum absolute atomic E-state index is 2.31. The third-order valence-electron chi connectivity index (χ3n) is 4.64. The molecule has 4 aromatic rings. The minimum absolute atomic E-state index is 0.210. The SMILES string of the molecule is C[Si](C)=[Zr+2].Cc1cc(C)c2cc(C)[cH-]c2c1.Cc1cc(C)c2cc(C)[cH-]c2c1. The van der Waals surface area contributed by atoms with Gasteiger partial charge in [0, 0.05) is 0 Å². The van der Waals surface area contributed by atoms with Gasteiger partial charge in [-0.15, -0.1) is 56.9 Å². The van der Waals surface area contributed by atoms with Gasteiger partial charge in [-0.3, -0.25) is 0 Å². The van der Waals surface area contributed by atoms with E-state index in [4.69, 9.17) is 0 Å². The van der Waals surface area contributed by atoms with Crippen LogP contribution in [-0.2, 0) is 23.3 Å². The molecule has 144 valence electrons. The van der Waals surface area contributed by atoms with E-state index in [9.17, 15) is 0 Å². The number of hydrogen-bond donors (Lipinski definition) is 0. The largest absolute Gasteiger partial charge is 0.165 e. The fraction of sp³-hybridized carbons (Fsp3) is 0.308. The normalized spacial score (nSPS) is 10.4. The van der Waals surface area contributed by atoms with Gasteiger partial charge < -0.3 is 0 Å². The number of rotatable bonds is 0. The molecule has 0 saturated carbocycles. The minimum atomic E-state index is 0.210. The van der Waals surface area contributed by atoms with E-state index in [1.165, 1.54) is 54.9 Å². The molecule has 0 aliphatic carbocycles. The van der Waals surface area contributed by atoms with Gasteiger partial charge in [-0.05, 0) is 27.7 Å². The zero-order valence-corrected chi connectivity index (χ0v) is 22.1. The Balaban J connectivity index is 0.000000169. The fourth-order valence-electron chi connectivity index (χ4n) is 3.69. The van der Waals surface area contributed by atoms with Gasteiger partial charge in [0.25, 0.3) is 0 Å². The summed E-state index contributed by atoms with van der Waals surface area (Å²) in [6.45, 7) is 17.6. The Morgan fingerprint density at radius 3 is 1.25 bits per heavy atom. The van der Waals surface area contributed by atoms with Crippen LogP contribution in [0.5, 0.6) is 0 Å². The average molecular weight is 464 g/mol. The Hall–Kier alpha value is -1.24. The predicted octanol–water partition coefficient (Wildman–Crippen LogP) is 7.75. The van der Waals surface area contributed by atoms with Crippen molar-refractivity contribution in [2.24, 2.45) is 0 Å². The van der Waals surface area contributed by atoms with Gasteiger partial charge in [0.1, 0.15) is 0 Å². The first kappa shape index (κ1) is 23.0. The molecule has 4 aromatic carbocycles. The van der Waals surface area contributed by atoms with Crippen molar-refractivity contribution in [3.63, 3.8) is 0 Å². The van der Waals surface area contributed by atoms with E-state index in [1.807, 2.05) is 0 Å². The molecule has 0 heterocycles. The molecule has 0 aromatic heterocycles. The van der Waals surface area contributed by atoms with E-state index in [1.54, 1.807) is 23.3 Å². The van der Waals surface area contributed by atoms with Crippen LogP contribution in [0.25, 0.3) is 21.5 Å². The quantitative estimate of drug-likeness (QED) is 0.185. The summed E-state index contributed by atoms with van der Waals surface area (Å²) in [4.78, 5) is 0. The van der Waals surface area contributed by atoms with Gasteiger partial charge >= 0.3 is 41.9 Å². The maximum atomic E-state index is 2.31. The Morgan fingerprint density at radius 2 is 0.929 bits per heavy atom. The zero-order valence-electron chi connectivity index (χ0n) is 18.6. The first-order valence-electron chi connectivity index (χ1n) is 9.87. The van der Waals surface area contributed by atoms with E-state index in [0.717, 1.165) is 0 Å². The first-order chi connectivity index (χ1) is 13.1.